The fourth-order valence-electron chi connectivity index (χ4n) is 9.18. The summed E-state index contributed by atoms with van der Waals surface area (Å²) in [5.41, 5.74) is 14.1. The monoisotopic (exact) mass is 764 g/mol. The normalized spacial score (nSPS) is 11.7. The average molecular weight is 765 g/mol. The van der Waals surface area contributed by atoms with E-state index in [9.17, 15) is 0 Å². The van der Waals surface area contributed by atoms with Gasteiger partial charge in [0.1, 0.15) is 0 Å². The second kappa shape index (κ2) is 13.8. The van der Waals surface area contributed by atoms with Crippen LogP contribution in [-0.2, 0) is 0 Å². The third kappa shape index (κ3) is 5.46. The highest BCUT2D eigenvalue weighted by Crippen LogP contribution is 2.43. The Labute approximate surface area is 346 Å². The lowest BCUT2D eigenvalue weighted by atomic mass is 9.96. The molecule has 4 heteroatoms. The number of aromatic nitrogens is 4. The maximum absolute atomic E-state index is 5.19. The van der Waals surface area contributed by atoms with Gasteiger partial charge in [-0.15, -0.1) is 0 Å². The Morgan fingerprint density at radius 1 is 0.317 bits per heavy atom. The van der Waals surface area contributed by atoms with E-state index in [1.54, 1.807) is 0 Å². The van der Waals surface area contributed by atoms with Crippen LogP contribution in [0.2, 0.25) is 0 Å². The highest BCUT2D eigenvalue weighted by molar-refractivity contribution is 6.26. The third-order valence-corrected chi connectivity index (χ3v) is 11.9. The minimum Gasteiger partial charge on any atom is -0.309 e. The molecule has 4 nitrogen and oxygen atoms in total. The predicted octanol–water partition coefficient (Wildman–Crippen LogP) is 14.5. The molecule has 0 atom stereocenters. The van der Waals surface area contributed by atoms with Gasteiger partial charge in [-0.3, -0.25) is 0 Å². The Morgan fingerprint density at radius 2 is 0.917 bits per heavy atom. The van der Waals surface area contributed by atoms with Crippen molar-refractivity contribution >= 4 is 54.4 Å². The number of nitrogens with zero attached hydrogens (tertiary/aromatic N) is 4. The fraction of sp³-hybridized carbons (Fsp3) is 0. The van der Waals surface area contributed by atoms with E-state index >= 15 is 0 Å². The molecule has 3 aromatic heterocycles. The summed E-state index contributed by atoms with van der Waals surface area (Å²) in [6.07, 6.45) is 0. The van der Waals surface area contributed by atoms with Crippen molar-refractivity contribution in [1.29, 1.82) is 0 Å². The molecule has 280 valence electrons. The van der Waals surface area contributed by atoms with Gasteiger partial charge in [-0.2, -0.15) is 0 Å². The van der Waals surface area contributed by atoms with E-state index in [-0.39, 0.29) is 0 Å². The van der Waals surface area contributed by atoms with Crippen LogP contribution in [0.5, 0.6) is 0 Å². The second-order valence-corrected chi connectivity index (χ2v) is 15.4. The van der Waals surface area contributed by atoms with E-state index in [2.05, 4.69) is 209 Å². The van der Waals surface area contributed by atoms with E-state index in [0.29, 0.717) is 5.82 Å². The Balaban J connectivity index is 1.04. The summed E-state index contributed by atoms with van der Waals surface area (Å²) in [6.45, 7) is 0. The van der Waals surface area contributed by atoms with Gasteiger partial charge in [-0.25, -0.2) is 9.97 Å². The Hall–Kier alpha value is -8.08. The molecule has 0 fully saturated rings. The van der Waals surface area contributed by atoms with E-state index in [4.69, 9.17) is 9.97 Å². The zero-order chi connectivity index (χ0) is 39.6. The molecule has 60 heavy (non-hydrogen) atoms. The molecule has 0 aliphatic heterocycles. The summed E-state index contributed by atoms with van der Waals surface area (Å²) in [6, 6.07) is 77.9. The Morgan fingerprint density at radius 3 is 1.70 bits per heavy atom. The van der Waals surface area contributed by atoms with Crippen molar-refractivity contribution in [1.82, 2.24) is 19.1 Å². The molecule has 0 saturated carbocycles. The predicted molar refractivity (Wildman–Crippen MR) is 250 cm³/mol. The molecular formula is C56H36N4. The van der Waals surface area contributed by atoms with E-state index in [1.165, 1.54) is 43.4 Å². The van der Waals surface area contributed by atoms with Gasteiger partial charge in [-0.05, 0) is 70.4 Å². The van der Waals surface area contributed by atoms with Crippen LogP contribution in [0.1, 0.15) is 0 Å². The average Bonchev–Trinajstić information content (AvgIpc) is 3.85. The lowest BCUT2D eigenvalue weighted by molar-refractivity contribution is 1.17. The summed E-state index contributed by atoms with van der Waals surface area (Å²) < 4.78 is 4.87. The van der Waals surface area contributed by atoms with Crippen LogP contribution in [0.25, 0.3) is 111 Å². The minimum absolute atomic E-state index is 0.697. The first-order valence-corrected chi connectivity index (χ1v) is 20.4. The van der Waals surface area contributed by atoms with Crippen LogP contribution in [0, 0.1) is 0 Å². The van der Waals surface area contributed by atoms with E-state index in [0.717, 1.165) is 61.6 Å². The summed E-state index contributed by atoms with van der Waals surface area (Å²) in [7, 11) is 0. The Kier molecular flexibility index (Phi) is 7.82. The first kappa shape index (κ1) is 34.0. The molecule has 12 aromatic rings. The Bertz CT molecular complexity index is 3580. The van der Waals surface area contributed by atoms with Gasteiger partial charge in [0.2, 0.25) is 0 Å². The summed E-state index contributed by atoms with van der Waals surface area (Å²) in [5.74, 6) is 0.697. The van der Waals surface area contributed by atoms with E-state index < -0.39 is 0 Å². The molecule has 12 rings (SSSR count). The topological polar surface area (TPSA) is 35.6 Å². The van der Waals surface area contributed by atoms with Crippen molar-refractivity contribution in [2.45, 2.75) is 0 Å². The molecule has 0 radical (unpaired) electrons. The number of hydrogen-bond donors (Lipinski definition) is 0. The van der Waals surface area contributed by atoms with Crippen molar-refractivity contribution in [2.75, 3.05) is 0 Å². The fourth-order valence-corrected chi connectivity index (χ4v) is 9.18. The maximum Gasteiger partial charge on any atom is 0.160 e. The van der Waals surface area contributed by atoms with Gasteiger partial charge < -0.3 is 9.13 Å². The van der Waals surface area contributed by atoms with Gasteiger partial charge in [0.05, 0.1) is 33.5 Å². The summed E-state index contributed by atoms with van der Waals surface area (Å²) in [5, 5.41) is 7.40. The molecule has 0 amide bonds. The second-order valence-electron chi connectivity index (χ2n) is 15.4. The van der Waals surface area contributed by atoms with Crippen LogP contribution in [0.4, 0.5) is 0 Å². The zero-order valence-electron chi connectivity index (χ0n) is 32.6. The number of hydrogen-bond acceptors (Lipinski definition) is 2. The van der Waals surface area contributed by atoms with Crippen molar-refractivity contribution in [3.63, 3.8) is 0 Å². The number of fused-ring (bicyclic) bond motifs is 8. The van der Waals surface area contributed by atoms with Gasteiger partial charge >= 0.3 is 0 Å². The quantitative estimate of drug-likeness (QED) is 0.169. The first-order chi connectivity index (χ1) is 29.8. The van der Waals surface area contributed by atoms with Gasteiger partial charge in [0.25, 0.3) is 0 Å². The van der Waals surface area contributed by atoms with Crippen LogP contribution in [-0.4, -0.2) is 19.1 Å². The number of para-hydroxylation sites is 2. The molecule has 0 N–H and O–H groups in total. The van der Waals surface area contributed by atoms with Gasteiger partial charge in [0, 0.05) is 49.6 Å². The highest BCUT2D eigenvalue weighted by atomic mass is 15.0. The molecule has 0 aliphatic rings. The number of rotatable bonds is 6. The van der Waals surface area contributed by atoms with Crippen molar-refractivity contribution in [2.24, 2.45) is 0 Å². The minimum atomic E-state index is 0.697. The SMILES string of the molecule is c1ccc(-c2nc(-c3ccc(-n4c5ccccc5c5c4ccc4c6ccccc6n(-c6ccc7ccccc7c6)c45)cc3)cc(-c3ccccc3-c3ccccc3)n2)cc1. The number of benzene rings is 9. The van der Waals surface area contributed by atoms with Gasteiger partial charge in [-0.1, -0.05) is 170 Å². The lowest BCUT2D eigenvalue weighted by Gasteiger charge is -2.14. The molecule has 0 saturated heterocycles. The van der Waals surface area contributed by atoms with Crippen LogP contribution in [0.15, 0.2) is 218 Å². The van der Waals surface area contributed by atoms with Crippen LogP contribution in [0.3, 0.4) is 0 Å². The van der Waals surface area contributed by atoms with Crippen LogP contribution < -0.4 is 0 Å². The summed E-state index contributed by atoms with van der Waals surface area (Å²) in [4.78, 5) is 10.4. The van der Waals surface area contributed by atoms with Crippen molar-refractivity contribution in [3.05, 3.63) is 218 Å². The molecule has 0 aliphatic carbocycles. The molecule has 0 bridgehead atoms. The molecule has 0 unspecified atom stereocenters. The van der Waals surface area contributed by atoms with E-state index in [1.807, 2.05) is 18.2 Å². The largest absolute Gasteiger partial charge is 0.309 e. The summed E-state index contributed by atoms with van der Waals surface area (Å²) >= 11 is 0. The van der Waals surface area contributed by atoms with Crippen molar-refractivity contribution < 1.29 is 0 Å². The molecule has 3 heterocycles. The molecule has 9 aromatic carbocycles. The molecular weight excluding hydrogens is 729 g/mol. The third-order valence-electron chi connectivity index (χ3n) is 11.9. The maximum atomic E-state index is 5.19. The molecule has 0 spiro atoms. The lowest BCUT2D eigenvalue weighted by Crippen LogP contribution is -1.98. The first-order valence-electron chi connectivity index (χ1n) is 20.4. The van der Waals surface area contributed by atoms with Crippen molar-refractivity contribution in [3.8, 4) is 56.4 Å². The highest BCUT2D eigenvalue weighted by Gasteiger charge is 2.21. The van der Waals surface area contributed by atoms with Crippen LogP contribution >= 0.6 is 0 Å². The zero-order valence-corrected chi connectivity index (χ0v) is 32.6. The van der Waals surface area contributed by atoms with Gasteiger partial charge in [0.15, 0.2) is 5.82 Å². The standard InChI is InChI=1S/C56H36N4/c1-3-16-38(17-4-1)44-21-9-10-22-45(44)50-36-49(57-56(58-50)40-18-5-2-6-19-40)39-28-30-42(31-29-39)59-52-26-14-12-24-48(52)54-53(59)34-33-47-46-23-11-13-25-51(46)60(55(47)54)43-32-27-37-15-7-8-20-41(37)35-43/h1-36H. The smallest absolute Gasteiger partial charge is 0.160 e.